The Hall–Kier alpha value is -2.46. The molecule has 2 aliphatic rings. The van der Waals surface area contributed by atoms with Gasteiger partial charge in [-0.3, -0.25) is 9.59 Å². The van der Waals surface area contributed by atoms with E-state index in [2.05, 4.69) is 6.58 Å². The van der Waals surface area contributed by atoms with Crippen molar-refractivity contribution in [2.24, 2.45) is 11.3 Å². The minimum atomic E-state index is -0.817. The molecule has 0 fully saturated rings. The van der Waals surface area contributed by atoms with Crippen molar-refractivity contribution in [1.82, 2.24) is 0 Å². The summed E-state index contributed by atoms with van der Waals surface area (Å²) >= 11 is 0. The summed E-state index contributed by atoms with van der Waals surface area (Å²) in [7, 11) is 0. The van der Waals surface area contributed by atoms with Crippen molar-refractivity contribution in [2.45, 2.75) is 26.2 Å². The van der Waals surface area contributed by atoms with Gasteiger partial charge in [-0.1, -0.05) is 37.8 Å². The van der Waals surface area contributed by atoms with E-state index in [4.69, 9.17) is 9.84 Å². The quantitative estimate of drug-likeness (QED) is 0.882. The van der Waals surface area contributed by atoms with E-state index < -0.39 is 5.41 Å². The van der Waals surface area contributed by atoms with Crippen LogP contribution in [0.4, 0.5) is 0 Å². The molecular weight excluding hydrogens is 328 g/mol. The maximum atomic E-state index is 13.0. The van der Waals surface area contributed by atoms with Crippen LogP contribution < -0.4 is 4.74 Å². The average Bonchev–Trinajstić information content (AvgIpc) is 2.64. The number of hydrogen-bond acceptors (Lipinski definition) is 4. The Labute approximate surface area is 153 Å². The lowest BCUT2D eigenvalue weighted by Crippen LogP contribution is -2.49. The molecule has 0 saturated carbocycles. The van der Waals surface area contributed by atoms with Crippen molar-refractivity contribution in [1.29, 1.82) is 0 Å². The maximum absolute atomic E-state index is 13.0. The van der Waals surface area contributed by atoms with E-state index in [1.807, 2.05) is 37.3 Å². The largest absolute Gasteiger partial charge is 0.491 e. The summed E-state index contributed by atoms with van der Waals surface area (Å²) in [6.07, 6.45) is 5.87. The molecule has 3 rings (SSSR count). The predicted molar refractivity (Wildman–Crippen MR) is 100 cm³/mol. The van der Waals surface area contributed by atoms with Crippen molar-refractivity contribution in [3.63, 3.8) is 0 Å². The highest BCUT2D eigenvalue weighted by Gasteiger charge is 2.54. The number of fused-ring (bicyclic) bond motifs is 1. The van der Waals surface area contributed by atoms with Crippen LogP contribution in [-0.2, 0) is 9.59 Å². The van der Waals surface area contributed by atoms with Crippen LogP contribution in [0.15, 0.2) is 60.2 Å². The fourth-order valence-electron chi connectivity index (χ4n) is 4.22. The molecule has 4 nitrogen and oxygen atoms in total. The van der Waals surface area contributed by atoms with Crippen molar-refractivity contribution in [3.05, 3.63) is 65.8 Å². The highest BCUT2D eigenvalue weighted by atomic mass is 16.5. The molecule has 4 heteroatoms. The zero-order chi connectivity index (χ0) is 18.9. The average molecular weight is 352 g/mol. The number of aliphatic hydroxyl groups excluding tert-OH is 1. The second-order valence-electron chi connectivity index (χ2n) is 7.11. The van der Waals surface area contributed by atoms with E-state index in [0.717, 1.165) is 11.1 Å². The van der Waals surface area contributed by atoms with Gasteiger partial charge in [0.25, 0.3) is 0 Å². The van der Waals surface area contributed by atoms with Crippen LogP contribution in [0.1, 0.15) is 31.7 Å². The van der Waals surface area contributed by atoms with Crippen LogP contribution in [-0.4, -0.2) is 29.9 Å². The highest BCUT2D eigenvalue weighted by Crippen LogP contribution is 2.54. The van der Waals surface area contributed by atoms with Crippen LogP contribution in [0.5, 0.6) is 5.75 Å². The third-order valence-corrected chi connectivity index (χ3v) is 5.64. The number of benzene rings is 1. The Morgan fingerprint density at radius 1 is 1.31 bits per heavy atom. The number of carbonyl (C=O) groups is 2. The molecule has 0 radical (unpaired) electrons. The molecule has 1 aromatic carbocycles. The minimum absolute atomic E-state index is 0.00217. The SMILES string of the molecule is C=CC1=CCC2C(=O)C(C)=CC(=O)C2(C)C1c1ccc(OCCO)cc1. The summed E-state index contributed by atoms with van der Waals surface area (Å²) in [5, 5.41) is 8.87. The minimum Gasteiger partial charge on any atom is -0.491 e. The number of carbonyl (C=O) groups excluding carboxylic acids is 2. The molecular formula is C22H24O4. The number of rotatable bonds is 5. The first kappa shape index (κ1) is 18.3. The van der Waals surface area contributed by atoms with E-state index in [0.29, 0.717) is 17.7 Å². The van der Waals surface area contributed by atoms with E-state index in [9.17, 15) is 9.59 Å². The van der Waals surface area contributed by atoms with Gasteiger partial charge in [-0.15, -0.1) is 0 Å². The smallest absolute Gasteiger partial charge is 0.163 e. The zero-order valence-corrected chi connectivity index (χ0v) is 15.2. The molecule has 3 unspecified atom stereocenters. The number of hydrogen-bond donors (Lipinski definition) is 1. The van der Waals surface area contributed by atoms with Crippen molar-refractivity contribution in [3.8, 4) is 5.75 Å². The monoisotopic (exact) mass is 352 g/mol. The van der Waals surface area contributed by atoms with Gasteiger partial charge in [0.05, 0.1) is 12.0 Å². The molecule has 1 aromatic rings. The summed E-state index contributed by atoms with van der Waals surface area (Å²) in [5.41, 5.74) is 1.65. The molecule has 0 bridgehead atoms. The Bertz CT molecular complexity index is 800. The van der Waals surface area contributed by atoms with Crippen LogP contribution in [0.2, 0.25) is 0 Å². The van der Waals surface area contributed by atoms with Crippen LogP contribution >= 0.6 is 0 Å². The van der Waals surface area contributed by atoms with E-state index in [1.54, 1.807) is 13.0 Å². The Balaban J connectivity index is 2.06. The van der Waals surface area contributed by atoms with Gasteiger partial charge in [0.15, 0.2) is 11.6 Å². The Morgan fingerprint density at radius 2 is 2.00 bits per heavy atom. The lowest BCUT2D eigenvalue weighted by atomic mass is 9.53. The van der Waals surface area contributed by atoms with Gasteiger partial charge in [0.1, 0.15) is 12.4 Å². The number of ketones is 2. The van der Waals surface area contributed by atoms with Gasteiger partial charge >= 0.3 is 0 Å². The standard InChI is InChI=1S/C22H24O4/c1-4-15-7-10-18-21(25)14(2)13-19(24)22(18,3)20(15)16-5-8-17(9-6-16)26-12-11-23/h4-9,13,18,20,23H,1,10-12H2,2-3H3. The third-order valence-electron chi connectivity index (χ3n) is 5.64. The predicted octanol–water partition coefficient (Wildman–Crippen LogP) is 3.38. The molecule has 3 atom stereocenters. The number of allylic oxidation sites excluding steroid dienone is 5. The summed E-state index contributed by atoms with van der Waals surface area (Å²) < 4.78 is 5.42. The summed E-state index contributed by atoms with van der Waals surface area (Å²) in [6.45, 7) is 7.72. The number of Topliss-reactive ketones (excluding diaryl/α,β-unsaturated/α-hetero) is 1. The van der Waals surface area contributed by atoms with Gasteiger partial charge < -0.3 is 9.84 Å². The molecule has 0 spiro atoms. The first-order valence-electron chi connectivity index (χ1n) is 8.86. The maximum Gasteiger partial charge on any atom is 0.163 e. The number of ether oxygens (including phenoxy) is 1. The van der Waals surface area contributed by atoms with Gasteiger partial charge in [-0.2, -0.15) is 0 Å². The molecule has 0 aliphatic heterocycles. The molecule has 136 valence electrons. The van der Waals surface area contributed by atoms with E-state index in [-0.39, 0.29) is 36.6 Å². The van der Waals surface area contributed by atoms with Gasteiger partial charge in [0, 0.05) is 11.8 Å². The molecule has 1 N–H and O–H groups in total. The van der Waals surface area contributed by atoms with Crippen molar-refractivity contribution >= 4 is 11.6 Å². The van der Waals surface area contributed by atoms with Crippen LogP contribution in [0.3, 0.4) is 0 Å². The molecule has 0 saturated heterocycles. The van der Waals surface area contributed by atoms with Crippen molar-refractivity contribution < 1.29 is 19.4 Å². The van der Waals surface area contributed by atoms with Crippen LogP contribution in [0, 0.1) is 11.3 Å². The normalized spacial score (nSPS) is 28.1. The van der Waals surface area contributed by atoms with Crippen LogP contribution in [0.25, 0.3) is 0 Å². The second-order valence-corrected chi connectivity index (χ2v) is 7.11. The summed E-state index contributed by atoms with van der Waals surface area (Å²) in [5.74, 6) is 0.133. The van der Waals surface area contributed by atoms with Gasteiger partial charge in [-0.05, 0) is 48.3 Å². The molecule has 0 heterocycles. The van der Waals surface area contributed by atoms with Gasteiger partial charge in [-0.25, -0.2) is 0 Å². The fourth-order valence-corrected chi connectivity index (χ4v) is 4.22. The molecule has 2 aliphatic carbocycles. The fraction of sp³-hybridized carbons (Fsp3) is 0.364. The summed E-state index contributed by atoms with van der Waals surface area (Å²) in [4.78, 5) is 25.8. The first-order valence-corrected chi connectivity index (χ1v) is 8.86. The Morgan fingerprint density at radius 3 is 2.62 bits per heavy atom. The van der Waals surface area contributed by atoms with Gasteiger partial charge in [0.2, 0.25) is 0 Å². The molecule has 26 heavy (non-hydrogen) atoms. The van der Waals surface area contributed by atoms with E-state index >= 15 is 0 Å². The lowest BCUT2D eigenvalue weighted by Gasteiger charge is -2.47. The third kappa shape index (κ3) is 2.84. The summed E-state index contributed by atoms with van der Waals surface area (Å²) in [6, 6.07) is 7.50. The first-order chi connectivity index (χ1) is 12.4. The topological polar surface area (TPSA) is 63.6 Å². The molecule has 0 amide bonds. The Kier molecular flexibility index (Phi) is 4.97. The highest BCUT2D eigenvalue weighted by molar-refractivity contribution is 6.13. The van der Waals surface area contributed by atoms with E-state index in [1.165, 1.54) is 6.08 Å². The zero-order valence-electron chi connectivity index (χ0n) is 15.2. The second kappa shape index (κ2) is 7.04. The molecule has 0 aromatic heterocycles. The number of aliphatic hydroxyl groups is 1. The lowest BCUT2D eigenvalue weighted by molar-refractivity contribution is -0.137. The van der Waals surface area contributed by atoms with Crippen molar-refractivity contribution in [2.75, 3.05) is 13.2 Å².